The van der Waals surface area contributed by atoms with Crippen LogP contribution in [-0.2, 0) is 33.7 Å². The van der Waals surface area contributed by atoms with Crippen LogP contribution in [0.1, 0.15) is 36.7 Å². The molecule has 10 nitrogen and oxygen atoms in total. The van der Waals surface area contributed by atoms with Gasteiger partial charge in [-0.25, -0.2) is 9.97 Å². The summed E-state index contributed by atoms with van der Waals surface area (Å²) in [6, 6.07) is 10.5. The molecule has 0 spiro atoms. The molecule has 0 aliphatic carbocycles. The molecule has 0 radical (unpaired) electrons. The summed E-state index contributed by atoms with van der Waals surface area (Å²) in [7, 11) is 0. The summed E-state index contributed by atoms with van der Waals surface area (Å²) in [5.74, 6) is 0.721. The second kappa shape index (κ2) is 11.1. The lowest BCUT2D eigenvalue weighted by molar-refractivity contribution is -0.137. The number of amides is 2. The molecule has 2 amide bonds. The summed E-state index contributed by atoms with van der Waals surface area (Å²) in [5, 5.41) is 21.3. The molecule has 0 unspecified atom stereocenters. The fourth-order valence-corrected chi connectivity index (χ4v) is 4.82. The molecule has 39 heavy (non-hydrogen) atoms. The van der Waals surface area contributed by atoms with Gasteiger partial charge < -0.3 is 25.3 Å². The second-order valence-electron chi connectivity index (χ2n) is 9.60. The highest BCUT2D eigenvalue weighted by Crippen LogP contribution is 2.32. The maximum absolute atomic E-state index is 11.6. The molecule has 4 N–H and O–H groups in total. The number of carbonyl (C=O) groups is 2. The Bertz CT molecular complexity index is 1570. The number of fused-ring (bicyclic) bond motifs is 3. The average Bonchev–Trinajstić information content (AvgIpc) is 3.44. The molecule has 10 heteroatoms. The maximum Gasteiger partial charge on any atom is 0.253 e. The Labute approximate surface area is 225 Å². The molecule has 0 bridgehead atoms. The number of imide groups is 1. The zero-order valence-corrected chi connectivity index (χ0v) is 21.8. The smallest absolute Gasteiger partial charge is 0.253 e. The Balaban J connectivity index is 1.40. The van der Waals surface area contributed by atoms with Gasteiger partial charge in [0, 0.05) is 29.5 Å². The van der Waals surface area contributed by atoms with Crippen LogP contribution in [0, 0.1) is 0 Å². The number of aromatic nitrogens is 3. The van der Waals surface area contributed by atoms with E-state index in [1.54, 1.807) is 6.07 Å². The number of ether oxygens (including phenoxy) is 1. The minimum Gasteiger partial charge on any atom is -0.508 e. The second-order valence-corrected chi connectivity index (χ2v) is 9.60. The average molecular weight is 530 g/mol. The van der Waals surface area contributed by atoms with Crippen molar-refractivity contribution in [3.63, 3.8) is 0 Å². The van der Waals surface area contributed by atoms with Crippen molar-refractivity contribution >= 4 is 39.6 Å². The van der Waals surface area contributed by atoms with Crippen molar-refractivity contribution in [2.75, 3.05) is 25.5 Å². The number of aryl methyl sites for hydroxylation is 1. The lowest BCUT2D eigenvalue weighted by atomic mass is 10.1. The predicted molar refractivity (Wildman–Crippen MR) is 147 cm³/mol. The quantitative estimate of drug-likeness (QED) is 0.152. The number of pyridine rings is 1. The van der Waals surface area contributed by atoms with Crippen molar-refractivity contribution in [3.05, 3.63) is 65.5 Å². The minimum absolute atomic E-state index is 0.0792. The third kappa shape index (κ3) is 5.42. The number of hydrogen-bond acceptors (Lipinski definition) is 8. The summed E-state index contributed by atoms with van der Waals surface area (Å²) < 4.78 is 7.73. The largest absolute Gasteiger partial charge is 0.508 e. The number of imidazole rings is 1. The van der Waals surface area contributed by atoms with Gasteiger partial charge in [0.25, 0.3) is 11.8 Å². The minimum atomic E-state index is -0.315. The zero-order chi connectivity index (χ0) is 27.5. The van der Waals surface area contributed by atoms with Crippen molar-refractivity contribution in [1.82, 2.24) is 19.4 Å². The number of phenols is 2. The highest BCUT2D eigenvalue weighted by atomic mass is 16.5. The van der Waals surface area contributed by atoms with Gasteiger partial charge in [-0.15, -0.1) is 0 Å². The number of anilines is 1. The van der Waals surface area contributed by atoms with Crippen LogP contribution in [-0.4, -0.2) is 61.2 Å². The summed E-state index contributed by atoms with van der Waals surface area (Å²) in [5.41, 5.74) is 10.1. The molecule has 3 heterocycles. The molecule has 2 aromatic carbocycles. The summed E-state index contributed by atoms with van der Waals surface area (Å²) in [6.07, 6.45) is 5.83. The van der Waals surface area contributed by atoms with Crippen LogP contribution in [0.5, 0.6) is 11.5 Å². The van der Waals surface area contributed by atoms with Crippen molar-refractivity contribution in [2.45, 2.75) is 39.2 Å². The number of nitrogens with two attached hydrogens (primary N) is 1. The van der Waals surface area contributed by atoms with E-state index in [0.717, 1.165) is 52.0 Å². The number of benzene rings is 2. The number of hydrogen-bond donors (Lipinski definition) is 3. The molecule has 0 saturated heterocycles. The number of unbranched alkanes of at least 4 members (excludes halogenated alkanes) is 1. The molecular formula is C29H31N5O5. The molecular weight excluding hydrogens is 498 g/mol. The van der Waals surface area contributed by atoms with Crippen molar-refractivity contribution in [2.24, 2.45) is 0 Å². The normalized spacial score (nSPS) is 13.4. The molecule has 0 atom stereocenters. The van der Waals surface area contributed by atoms with Gasteiger partial charge in [-0.1, -0.05) is 25.5 Å². The third-order valence-electron chi connectivity index (χ3n) is 6.89. The maximum atomic E-state index is 11.6. The number of rotatable bonds is 11. The van der Waals surface area contributed by atoms with Crippen LogP contribution in [0.15, 0.2) is 48.6 Å². The van der Waals surface area contributed by atoms with E-state index in [1.807, 2.05) is 18.2 Å². The van der Waals surface area contributed by atoms with E-state index < -0.39 is 0 Å². The summed E-state index contributed by atoms with van der Waals surface area (Å²) in [6.45, 7) is 3.34. The van der Waals surface area contributed by atoms with Crippen LogP contribution in [0.3, 0.4) is 0 Å². The van der Waals surface area contributed by atoms with Crippen LogP contribution < -0.4 is 5.73 Å². The summed E-state index contributed by atoms with van der Waals surface area (Å²) in [4.78, 5) is 33.9. The molecule has 4 aromatic rings. The van der Waals surface area contributed by atoms with Gasteiger partial charge in [0.15, 0.2) is 5.82 Å². The Morgan fingerprint density at radius 3 is 2.54 bits per heavy atom. The van der Waals surface area contributed by atoms with E-state index in [4.69, 9.17) is 15.5 Å². The van der Waals surface area contributed by atoms with Crippen LogP contribution in [0.4, 0.5) is 5.82 Å². The van der Waals surface area contributed by atoms with E-state index in [1.165, 1.54) is 24.3 Å². The first kappa shape index (κ1) is 26.2. The van der Waals surface area contributed by atoms with Gasteiger partial charge >= 0.3 is 0 Å². The number of nitrogens with zero attached hydrogens (tertiary/aromatic N) is 4. The van der Waals surface area contributed by atoms with E-state index >= 15 is 0 Å². The SMILES string of the molecule is CCCCc1nc2c(N)nc3cc(CCOCCN4C(=O)C=CC4=O)ccc3c2n1Cc1cc(O)ccc1O. The van der Waals surface area contributed by atoms with E-state index in [-0.39, 0.29) is 36.5 Å². The first-order valence-electron chi connectivity index (χ1n) is 13.0. The van der Waals surface area contributed by atoms with Crippen LogP contribution in [0.25, 0.3) is 21.9 Å². The topological polar surface area (TPSA) is 144 Å². The molecule has 202 valence electrons. The Kier molecular flexibility index (Phi) is 7.47. The third-order valence-corrected chi connectivity index (χ3v) is 6.89. The van der Waals surface area contributed by atoms with Crippen molar-refractivity contribution in [1.29, 1.82) is 0 Å². The number of aromatic hydroxyl groups is 2. The van der Waals surface area contributed by atoms with Gasteiger partial charge in [-0.05, 0) is 42.7 Å². The van der Waals surface area contributed by atoms with Crippen molar-refractivity contribution in [3.8, 4) is 11.5 Å². The molecule has 1 aliphatic rings. The number of nitrogen functional groups attached to an aromatic ring is 1. The highest BCUT2D eigenvalue weighted by Gasteiger charge is 2.22. The molecule has 0 saturated carbocycles. The number of carbonyl (C=O) groups excluding carboxylic acids is 2. The Morgan fingerprint density at radius 1 is 0.974 bits per heavy atom. The summed E-state index contributed by atoms with van der Waals surface area (Å²) >= 11 is 0. The highest BCUT2D eigenvalue weighted by molar-refractivity contribution is 6.12. The lowest BCUT2D eigenvalue weighted by Gasteiger charge is -2.14. The van der Waals surface area contributed by atoms with Gasteiger partial charge in [0.1, 0.15) is 22.8 Å². The first-order chi connectivity index (χ1) is 18.9. The number of phenolic OH excluding ortho intramolecular Hbond substituents is 2. The fourth-order valence-electron chi connectivity index (χ4n) is 4.82. The molecule has 0 fully saturated rings. The lowest BCUT2D eigenvalue weighted by Crippen LogP contribution is -2.33. The van der Waals surface area contributed by atoms with E-state index in [9.17, 15) is 19.8 Å². The molecule has 1 aliphatic heterocycles. The molecule has 5 rings (SSSR count). The first-order valence-corrected chi connectivity index (χ1v) is 13.0. The van der Waals surface area contributed by atoms with Crippen LogP contribution in [0.2, 0.25) is 0 Å². The van der Waals surface area contributed by atoms with Gasteiger partial charge in [0.2, 0.25) is 0 Å². The van der Waals surface area contributed by atoms with E-state index in [2.05, 4.69) is 16.5 Å². The molecule has 2 aromatic heterocycles. The van der Waals surface area contributed by atoms with Crippen LogP contribution >= 0.6 is 0 Å². The van der Waals surface area contributed by atoms with Gasteiger partial charge in [0.05, 0.1) is 37.3 Å². The standard InChI is InChI=1S/C29H31N5O5/c1-2-3-4-24-32-27-28(34(24)17-19-16-20(35)6-8-23(19)36)21-7-5-18(15-22(21)31-29(27)30)11-13-39-14-12-33-25(37)9-10-26(33)38/h5-10,15-16,35-36H,2-4,11-14,17H2,1H3,(H2,30,31). The van der Waals surface area contributed by atoms with Gasteiger partial charge in [-0.2, -0.15) is 0 Å². The monoisotopic (exact) mass is 529 g/mol. The van der Waals surface area contributed by atoms with E-state index in [0.29, 0.717) is 36.5 Å². The zero-order valence-electron chi connectivity index (χ0n) is 21.8. The van der Waals surface area contributed by atoms with Gasteiger partial charge in [-0.3, -0.25) is 14.5 Å². The van der Waals surface area contributed by atoms with Crippen molar-refractivity contribution < 1.29 is 24.5 Å². The fraction of sp³-hybridized carbons (Fsp3) is 0.310. The predicted octanol–water partition coefficient (Wildman–Crippen LogP) is 3.45. The Morgan fingerprint density at radius 2 is 1.77 bits per heavy atom. The Hall–Kier alpha value is -4.44.